The van der Waals surface area contributed by atoms with Gasteiger partial charge in [0.15, 0.2) is 6.61 Å². The van der Waals surface area contributed by atoms with Crippen LogP contribution in [-0.2, 0) is 14.3 Å². The summed E-state index contributed by atoms with van der Waals surface area (Å²) in [5.41, 5.74) is 3.43. The highest BCUT2D eigenvalue weighted by Gasteiger charge is 2.19. The Hall–Kier alpha value is -2.52. The Balaban J connectivity index is 1.67. The number of ketones is 1. The maximum atomic E-state index is 12.0. The Morgan fingerprint density at radius 1 is 1.21 bits per heavy atom. The number of halogens is 1. The highest BCUT2D eigenvalue weighted by molar-refractivity contribution is 9.11. The number of amides is 2. The van der Waals surface area contributed by atoms with Crippen LogP contribution < -0.4 is 10.7 Å². The summed E-state index contributed by atoms with van der Waals surface area (Å²) in [7, 11) is 0. The molecule has 0 radical (unpaired) electrons. The van der Waals surface area contributed by atoms with E-state index in [1.54, 1.807) is 36.4 Å². The van der Waals surface area contributed by atoms with Gasteiger partial charge in [0.1, 0.15) is 0 Å². The van der Waals surface area contributed by atoms with Crippen LogP contribution in [0.1, 0.15) is 15.2 Å². The van der Waals surface area contributed by atoms with E-state index in [0.717, 1.165) is 3.79 Å². The molecule has 9 heteroatoms. The van der Waals surface area contributed by atoms with E-state index in [1.165, 1.54) is 11.3 Å². The number of rotatable bonds is 4. The van der Waals surface area contributed by atoms with Crippen molar-refractivity contribution in [3.05, 3.63) is 50.6 Å². The zero-order valence-electron chi connectivity index (χ0n) is 12.0. The molecule has 0 atom stereocenters. The molecule has 0 saturated heterocycles. The molecule has 1 aromatic carbocycles. The molecule has 122 valence electrons. The second kappa shape index (κ2) is 6.93. The minimum atomic E-state index is -0.712. The predicted octanol–water partition coefficient (Wildman–Crippen LogP) is 2.14. The van der Waals surface area contributed by atoms with Crippen LogP contribution in [0, 0.1) is 0 Å². The third-order valence-electron chi connectivity index (χ3n) is 3.02. The first-order valence-electron chi connectivity index (χ1n) is 6.74. The van der Waals surface area contributed by atoms with E-state index in [9.17, 15) is 14.4 Å². The Kier molecular flexibility index (Phi) is 4.72. The molecule has 24 heavy (non-hydrogen) atoms. The minimum Gasteiger partial charge on any atom is -0.466 e. The number of Topliss-reactive ketones (excluding diaryl/α,β-unsaturated/α-hetero) is 1. The van der Waals surface area contributed by atoms with Crippen LogP contribution in [-0.4, -0.2) is 30.1 Å². The van der Waals surface area contributed by atoms with E-state index < -0.39 is 11.7 Å². The number of benzene rings is 1. The van der Waals surface area contributed by atoms with E-state index in [1.807, 2.05) is 0 Å². The highest BCUT2D eigenvalue weighted by Crippen LogP contribution is 2.23. The van der Waals surface area contributed by atoms with Crippen LogP contribution in [0.15, 0.2) is 45.3 Å². The fraction of sp³-hybridized carbons (Fsp3) is 0.0667. The Morgan fingerprint density at radius 3 is 2.54 bits per heavy atom. The van der Waals surface area contributed by atoms with E-state index in [2.05, 4.69) is 31.8 Å². The lowest BCUT2D eigenvalue weighted by Crippen LogP contribution is -2.32. The van der Waals surface area contributed by atoms with E-state index >= 15 is 0 Å². The summed E-state index contributed by atoms with van der Waals surface area (Å²) in [5.74, 6) is -1.35. The van der Waals surface area contributed by atoms with Crippen LogP contribution in [0.2, 0.25) is 0 Å². The topological polar surface area (TPSA) is 96.9 Å². The Labute approximate surface area is 148 Å². The van der Waals surface area contributed by atoms with E-state index in [4.69, 9.17) is 4.74 Å². The predicted molar refractivity (Wildman–Crippen MR) is 92.1 cm³/mol. The Bertz CT molecular complexity index is 845. The Morgan fingerprint density at radius 2 is 1.96 bits per heavy atom. The number of hydrazone groups is 1. The standard InChI is InChI=1S/C15H10BrN3O4S/c16-11-6-5-10(24-11)13(21)14(22)17-9-3-1-8(2-4-9)15-19-18-12(20)7-23-15/h1-6H,7H2,(H,17,22)(H,18,20). The van der Waals surface area contributed by atoms with E-state index in [-0.39, 0.29) is 18.4 Å². The lowest BCUT2D eigenvalue weighted by Gasteiger charge is -2.13. The first-order valence-corrected chi connectivity index (χ1v) is 8.34. The second-order valence-corrected chi connectivity index (χ2v) is 7.17. The molecule has 2 N–H and O–H groups in total. The summed E-state index contributed by atoms with van der Waals surface area (Å²) < 4.78 is 5.97. The van der Waals surface area contributed by atoms with Gasteiger partial charge in [-0.2, -0.15) is 0 Å². The van der Waals surface area contributed by atoms with Crippen LogP contribution in [0.3, 0.4) is 0 Å². The van der Waals surface area contributed by atoms with Crippen LogP contribution >= 0.6 is 27.3 Å². The molecule has 7 nitrogen and oxygen atoms in total. The molecule has 2 aromatic rings. The minimum absolute atomic E-state index is 0.0950. The van der Waals surface area contributed by atoms with Gasteiger partial charge in [0, 0.05) is 11.3 Å². The first kappa shape index (κ1) is 16.3. The van der Waals surface area contributed by atoms with Crippen molar-refractivity contribution in [2.75, 3.05) is 11.9 Å². The molecule has 1 aromatic heterocycles. The second-order valence-electron chi connectivity index (χ2n) is 4.70. The van der Waals surface area contributed by atoms with Crippen molar-refractivity contribution in [3.63, 3.8) is 0 Å². The highest BCUT2D eigenvalue weighted by atomic mass is 79.9. The summed E-state index contributed by atoms with van der Waals surface area (Å²) in [5, 5.41) is 6.33. The molecule has 0 spiro atoms. The van der Waals surface area contributed by atoms with Gasteiger partial charge < -0.3 is 10.1 Å². The third kappa shape index (κ3) is 3.69. The number of nitrogens with one attached hydrogen (secondary N) is 2. The number of carbonyl (C=O) groups is 3. The number of hydrogen-bond donors (Lipinski definition) is 2. The van der Waals surface area contributed by atoms with Gasteiger partial charge in [-0.25, -0.2) is 5.43 Å². The van der Waals surface area contributed by atoms with Crippen molar-refractivity contribution in [3.8, 4) is 0 Å². The van der Waals surface area contributed by atoms with Gasteiger partial charge in [-0.1, -0.05) is 0 Å². The van der Waals surface area contributed by atoms with Crippen molar-refractivity contribution in [2.45, 2.75) is 0 Å². The van der Waals surface area contributed by atoms with Crippen molar-refractivity contribution in [1.29, 1.82) is 0 Å². The monoisotopic (exact) mass is 407 g/mol. The molecule has 2 amide bonds. The van der Waals surface area contributed by atoms with Crippen molar-refractivity contribution in [1.82, 2.24) is 5.43 Å². The SMILES string of the molecule is O=C1COC(c2ccc(NC(=O)C(=O)c3ccc(Br)s3)cc2)=NN1. The van der Waals surface area contributed by atoms with Crippen molar-refractivity contribution in [2.24, 2.45) is 5.10 Å². The number of hydrogen-bond acceptors (Lipinski definition) is 6. The van der Waals surface area contributed by atoms with Gasteiger partial charge in [0.05, 0.1) is 8.66 Å². The van der Waals surface area contributed by atoms with Crippen LogP contribution in [0.5, 0.6) is 0 Å². The van der Waals surface area contributed by atoms with Gasteiger partial charge in [-0.15, -0.1) is 16.4 Å². The number of carbonyl (C=O) groups excluding carboxylic acids is 3. The molecule has 2 heterocycles. The van der Waals surface area contributed by atoms with Crippen molar-refractivity contribution < 1.29 is 19.1 Å². The molecular weight excluding hydrogens is 398 g/mol. The quantitative estimate of drug-likeness (QED) is 0.599. The lowest BCUT2D eigenvalue weighted by atomic mass is 10.2. The van der Waals surface area contributed by atoms with Gasteiger partial charge in [0.25, 0.3) is 17.6 Å². The van der Waals surface area contributed by atoms with Crippen LogP contribution in [0.25, 0.3) is 0 Å². The van der Waals surface area contributed by atoms with Gasteiger partial charge in [-0.3, -0.25) is 14.4 Å². The fourth-order valence-corrected chi connectivity index (χ4v) is 3.21. The van der Waals surface area contributed by atoms with Crippen molar-refractivity contribution >= 4 is 56.4 Å². The largest absolute Gasteiger partial charge is 0.466 e. The molecular formula is C15H10BrN3O4S. The molecule has 0 aliphatic carbocycles. The van der Waals surface area contributed by atoms with E-state index in [0.29, 0.717) is 16.1 Å². The molecule has 3 rings (SSSR count). The molecule has 0 bridgehead atoms. The molecule has 0 unspecified atom stereocenters. The van der Waals surface area contributed by atoms with Gasteiger partial charge in [0.2, 0.25) is 5.90 Å². The number of thiophene rings is 1. The third-order valence-corrected chi connectivity index (χ3v) is 4.64. The fourth-order valence-electron chi connectivity index (χ4n) is 1.89. The van der Waals surface area contributed by atoms with Gasteiger partial charge >= 0.3 is 0 Å². The zero-order valence-corrected chi connectivity index (χ0v) is 14.4. The summed E-state index contributed by atoms with van der Waals surface area (Å²) >= 11 is 4.45. The zero-order chi connectivity index (χ0) is 17.1. The summed E-state index contributed by atoms with van der Waals surface area (Å²) in [6.07, 6.45) is 0. The van der Waals surface area contributed by atoms with Gasteiger partial charge in [-0.05, 0) is 52.3 Å². The number of nitrogens with zero attached hydrogens (tertiary/aromatic N) is 1. The average molecular weight is 408 g/mol. The maximum Gasteiger partial charge on any atom is 0.297 e. The number of anilines is 1. The summed E-state index contributed by atoms with van der Waals surface area (Å²) in [4.78, 5) is 35.3. The molecule has 0 saturated carbocycles. The molecule has 0 fully saturated rings. The first-order chi connectivity index (χ1) is 11.5. The summed E-state index contributed by atoms with van der Waals surface area (Å²) in [6, 6.07) is 9.87. The van der Waals surface area contributed by atoms with Crippen LogP contribution in [0.4, 0.5) is 5.69 Å². The lowest BCUT2D eigenvalue weighted by molar-refractivity contribution is -0.124. The maximum absolute atomic E-state index is 12.0. The molecule has 1 aliphatic heterocycles. The molecule has 1 aliphatic rings. The average Bonchev–Trinajstić information content (AvgIpc) is 3.02. The number of ether oxygens (including phenoxy) is 1. The normalized spacial score (nSPS) is 13.5. The summed E-state index contributed by atoms with van der Waals surface area (Å²) in [6.45, 7) is -0.0950. The smallest absolute Gasteiger partial charge is 0.297 e.